The van der Waals surface area contributed by atoms with Crippen LogP contribution in [-0.4, -0.2) is 16.0 Å². The quantitative estimate of drug-likeness (QED) is 0.409. The third-order valence-electron chi connectivity index (χ3n) is 5.25. The minimum absolute atomic E-state index is 0.00531. The number of halogens is 1. The molecule has 0 radical (unpaired) electrons. The summed E-state index contributed by atoms with van der Waals surface area (Å²) >= 11 is 11.1. The number of carbonyl (C=O) groups excluding carboxylic acids is 1. The van der Waals surface area contributed by atoms with Crippen molar-refractivity contribution in [2.24, 2.45) is 5.92 Å². The van der Waals surface area contributed by atoms with Gasteiger partial charge in [0.25, 0.3) is 0 Å². The van der Waals surface area contributed by atoms with Gasteiger partial charge >= 0.3 is 0 Å². The molecule has 1 saturated heterocycles. The Morgan fingerprint density at radius 1 is 1.29 bits per heavy atom. The van der Waals surface area contributed by atoms with Gasteiger partial charge in [-0.25, -0.2) is 0 Å². The minimum atomic E-state index is -0.0739. The van der Waals surface area contributed by atoms with Gasteiger partial charge in [-0.15, -0.1) is 11.3 Å². The van der Waals surface area contributed by atoms with E-state index in [1.54, 1.807) is 17.5 Å². The van der Waals surface area contributed by atoms with Crippen molar-refractivity contribution in [1.29, 1.82) is 0 Å². The van der Waals surface area contributed by atoms with Gasteiger partial charge in [-0.1, -0.05) is 19.9 Å². The summed E-state index contributed by atoms with van der Waals surface area (Å²) in [6, 6.07) is 14.0. The maximum absolute atomic E-state index is 12.1. The number of nitrogens with one attached hydrogen (secondary N) is 2. The summed E-state index contributed by atoms with van der Waals surface area (Å²) in [5.74, 6) is -0.0686. The standard InChI is InChI=1S/C23H23BrN4OS2/c1-13(2)22(29)26-17-8-7-16(10-14(17)3)28-21(19-11-15(24)12-31-19)20(27-23(28)30)18-6-4-5-9-25-18/h4-13,20-21H,1-3H3,(H,26,29)(H,27,30). The van der Waals surface area contributed by atoms with Crippen molar-refractivity contribution in [2.75, 3.05) is 10.2 Å². The Morgan fingerprint density at radius 3 is 2.71 bits per heavy atom. The van der Waals surface area contributed by atoms with E-state index >= 15 is 0 Å². The number of thiocarbonyl (C=S) groups is 1. The summed E-state index contributed by atoms with van der Waals surface area (Å²) in [4.78, 5) is 20.0. The van der Waals surface area contributed by atoms with Crippen LogP contribution in [0.2, 0.25) is 0 Å². The van der Waals surface area contributed by atoms with Crippen molar-refractivity contribution in [3.63, 3.8) is 0 Å². The number of aromatic nitrogens is 1. The van der Waals surface area contributed by atoms with Crippen LogP contribution in [0.25, 0.3) is 0 Å². The zero-order valence-corrected chi connectivity index (χ0v) is 20.6. The van der Waals surface area contributed by atoms with E-state index in [-0.39, 0.29) is 23.9 Å². The van der Waals surface area contributed by atoms with Gasteiger partial charge in [-0.3, -0.25) is 9.78 Å². The number of thiophene rings is 1. The molecule has 4 rings (SSSR count). The molecule has 2 atom stereocenters. The fourth-order valence-corrected chi connectivity index (χ4v) is 5.54. The largest absolute Gasteiger partial charge is 0.351 e. The van der Waals surface area contributed by atoms with Crippen molar-refractivity contribution >= 4 is 61.9 Å². The van der Waals surface area contributed by atoms with E-state index in [0.29, 0.717) is 5.11 Å². The number of hydrogen-bond donors (Lipinski definition) is 2. The molecule has 160 valence electrons. The van der Waals surface area contributed by atoms with Crippen LogP contribution in [0.3, 0.4) is 0 Å². The molecule has 1 aliphatic rings. The smallest absolute Gasteiger partial charge is 0.226 e. The van der Waals surface area contributed by atoms with E-state index in [9.17, 15) is 4.79 Å². The molecule has 8 heteroatoms. The summed E-state index contributed by atoms with van der Waals surface area (Å²) < 4.78 is 1.05. The van der Waals surface area contributed by atoms with E-state index in [1.807, 2.05) is 51.1 Å². The average molecular weight is 516 g/mol. The summed E-state index contributed by atoms with van der Waals surface area (Å²) in [6.45, 7) is 5.77. The van der Waals surface area contributed by atoms with Crippen LogP contribution in [0, 0.1) is 12.8 Å². The number of anilines is 2. The Morgan fingerprint density at radius 2 is 2.10 bits per heavy atom. The monoisotopic (exact) mass is 514 g/mol. The Hall–Kier alpha value is -2.29. The highest BCUT2D eigenvalue weighted by atomic mass is 79.9. The summed E-state index contributed by atoms with van der Waals surface area (Å²) in [5.41, 5.74) is 3.73. The Kier molecular flexibility index (Phi) is 6.41. The van der Waals surface area contributed by atoms with E-state index in [1.165, 1.54) is 4.88 Å². The molecule has 0 saturated carbocycles. The van der Waals surface area contributed by atoms with Crippen LogP contribution in [0.4, 0.5) is 11.4 Å². The molecule has 1 fully saturated rings. The van der Waals surface area contributed by atoms with E-state index in [4.69, 9.17) is 12.2 Å². The van der Waals surface area contributed by atoms with Crippen molar-refractivity contribution in [2.45, 2.75) is 32.9 Å². The number of benzene rings is 1. The molecule has 2 N–H and O–H groups in total. The maximum Gasteiger partial charge on any atom is 0.226 e. The van der Waals surface area contributed by atoms with Gasteiger partial charge in [0, 0.05) is 38.2 Å². The molecule has 3 aromatic rings. The van der Waals surface area contributed by atoms with Crippen molar-refractivity contribution < 1.29 is 4.79 Å². The summed E-state index contributed by atoms with van der Waals surface area (Å²) in [7, 11) is 0. The van der Waals surface area contributed by atoms with Gasteiger partial charge in [0.2, 0.25) is 5.91 Å². The van der Waals surface area contributed by atoms with Crippen LogP contribution < -0.4 is 15.5 Å². The van der Waals surface area contributed by atoms with Gasteiger partial charge in [0.1, 0.15) is 0 Å². The second-order valence-corrected chi connectivity index (χ2v) is 10.1. The number of pyridine rings is 1. The zero-order valence-electron chi connectivity index (χ0n) is 17.4. The molecule has 2 unspecified atom stereocenters. The molecule has 3 heterocycles. The second-order valence-electron chi connectivity index (χ2n) is 7.81. The molecular formula is C23H23BrN4OS2. The average Bonchev–Trinajstić information content (AvgIpc) is 3.32. The highest BCUT2D eigenvalue weighted by molar-refractivity contribution is 9.10. The summed E-state index contributed by atoms with van der Waals surface area (Å²) in [6.07, 6.45) is 1.81. The van der Waals surface area contributed by atoms with Crippen molar-refractivity contribution in [3.05, 3.63) is 74.6 Å². The van der Waals surface area contributed by atoms with Crippen LogP contribution in [0.5, 0.6) is 0 Å². The number of amides is 1. The molecule has 0 aliphatic carbocycles. The van der Waals surface area contributed by atoms with E-state index in [2.05, 4.69) is 54.0 Å². The Labute approximate surface area is 200 Å². The predicted molar refractivity (Wildman–Crippen MR) is 135 cm³/mol. The van der Waals surface area contributed by atoms with Crippen molar-refractivity contribution in [1.82, 2.24) is 10.3 Å². The molecule has 0 bridgehead atoms. The molecule has 0 spiro atoms. The lowest BCUT2D eigenvalue weighted by atomic mass is 10.0. The van der Waals surface area contributed by atoms with Gasteiger partial charge in [-0.05, 0) is 77.0 Å². The zero-order chi connectivity index (χ0) is 22.1. The topological polar surface area (TPSA) is 57.3 Å². The third kappa shape index (κ3) is 4.51. The first kappa shape index (κ1) is 21.9. The van der Waals surface area contributed by atoms with E-state index in [0.717, 1.165) is 27.1 Å². The lowest BCUT2D eigenvalue weighted by Gasteiger charge is -2.27. The van der Waals surface area contributed by atoms with E-state index < -0.39 is 0 Å². The van der Waals surface area contributed by atoms with Crippen LogP contribution in [0.15, 0.2) is 58.5 Å². The van der Waals surface area contributed by atoms with Crippen molar-refractivity contribution in [3.8, 4) is 0 Å². The third-order valence-corrected chi connectivity index (χ3v) is 7.33. The highest BCUT2D eigenvalue weighted by Crippen LogP contribution is 2.44. The molecule has 2 aromatic heterocycles. The van der Waals surface area contributed by atoms with Gasteiger partial charge in [0.05, 0.1) is 17.8 Å². The lowest BCUT2D eigenvalue weighted by Crippen LogP contribution is -2.29. The Balaban J connectivity index is 1.73. The Bertz CT molecular complexity index is 1120. The normalized spacial score (nSPS) is 18.4. The fraction of sp³-hybridized carbons (Fsp3) is 0.261. The first-order valence-corrected chi connectivity index (χ1v) is 12.1. The number of nitrogens with zero attached hydrogens (tertiary/aromatic N) is 2. The number of rotatable bonds is 5. The highest BCUT2D eigenvalue weighted by Gasteiger charge is 2.41. The second kappa shape index (κ2) is 9.06. The van der Waals surface area contributed by atoms with Gasteiger partial charge in [0.15, 0.2) is 5.11 Å². The maximum atomic E-state index is 12.1. The summed E-state index contributed by atoms with van der Waals surface area (Å²) in [5, 5.41) is 9.21. The molecule has 1 aliphatic heterocycles. The lowest BCUT2D eigenvalue weighted by molar-refractivity contribution is -0.118. The number of hydrogen-bond acceptors (Lipinski definition) is 4. The fourth-order valence-electron chi connectivity index (χ4n) is 3.62. The predicted octanol–water partition coefficient (Wildman–Crippen LogP) is 5.99. The molecule has 1 aromatic carbocycles. The molecular weight excluding hydrogens is 492 g/mol. The minimum Gasteiger partial charge on any atom is -0.351 e. The first-order valence-electron chi connectivity index (χ1n) is 10.0. The molecule has 5 nitrogen and oxygen atoms in total. The molecule has 31 heavy (non-hydrogen) atoms. The number of carbonyl (C=O) groups is 1. The molecule has 1 amide bonds. The van der Waals surface area contributed by atoms with Gasteiger partial charge in [-0.2, -0.15) is 0 Å². The van der Waals surface area contributed by atoms with Crippen LogP contribution in [0.1, 0.15) is 42.1 Å². The number of aryl methyl sites for hydroxylation is 1. The van der Waals surface area contributed by atoms with Crippen LogP contribution >= 0.6 is 39.5 Å². The van der Waals surface area contributed by atoms with Gasteiger partial charge < -0.3 is 15.5 Å². The van der Waals surface area contributed by atoms with Crippen LogP contribution in [-0.2, 0) is 4.79 Å². The first-order chi connectivity index (χ1) is 14.8. The SMILES string of the molecule is Cc1cc(N2C(=S)NC(c3ccccn3)C2c2cc(Br)cs2)ccc1NC(=O)C(C)C.